The first-order valence-corrected chi connectivity index (χ1v) is 8.37. The highest BCUT2D eigenvalue weighted by atomic mass is 35.5. The number of carbonyl (C=O) groups is 1. The van der Waals surface area contributed by atoms with Crippen molar-refractivity contribution in [2.75, 3.05) is 25.0 Å². The van der Waals surface area contributed by atoms with E-state index < -0.39 is 0 Å². The van der Waals surface area contributed by atoms with E-state index in [9.17, 15) is 4.79 Å². The second kappa shape index (κ2) is 6.23. The Morgan fingerprint density at radius 3 is 2.83 bits per heavy atom. The van der Waals surface area contributed by atoms with Crippen LogP contribution in [0.5, 0.6) is 0 Å². The van der Waals surface area contributed by atoms with Crippen LogP contribution in [-0.2, 0) is 4.79 Å². The normalized spacial score (nSPS) is 21.0. The SMILES string of the molecule is CC1CNC(=O)C(C)c2c1[nH]c1c(Cl)c(Cl)cc(NCCO)c21. The van der Waals surface area contributed by atoms with E-state index >= 15 is 0 Å². The van der Waals surface area contributed by atoms with Gasteiger partial charge in [0.1, 0.15) is 0 Å². The molecule has 0 radical (unpaired) electrons. The largest absolute Gasteiger partial charge is 0.395 e. The smallest absolute Gasteiger partial charge is 0.227 e. The minimum Gasteiger partial charge on any atom is -0.395 e. The van der Waals surface area contributed by atoms with Gasteiger partial charge in [0.05, 0.1) is 28.1 Å². The maximum Gasteiger partial charge on any atom is 0.227 e. The van der Waals surface area contributed by atoms with E-state index in [0.717, 1.165) is 27.8 Å². The van der Waals surface area contributed by atoms with Crippen molar-refractivity contribution >= 4 is 45.7 Å². The lowest BCUT2D eigenvalue weighted by Gasteiger charge is -2.13. The number of fused-ring (bicyclic) bond motifs is 3. The summed E-state index contributed by atoms with van der Waals surface area (Å²) in [5, 5.41) is 17.0. The average Bonchev–Trinajstić information content (AvgIpc) is 2.90. The van der Waals surface area contributed by atoms with Gasteiger partial charge in [-0.25, -0.2) is 0 Å². The molecule has 2 heterocycles. The van der Waals surface area contributed by atoms with Crippen LogP contribution in [0.4, 0.5) is 5.69 Å². The van der Waals surface area contributed by atoms with Crippen LogP contribution in [0.1, 0.15) is 36.9 Å². The van der Waals surface area contributed by atoms with Crippen molar-refractivity contribution in [1.29, 1.82) is 0 Å². The van der Waals surface area contributed by atoms with E-state index in [1.807, 2.05) is 6.92 Å². The molecule has 1 aromatic carbocycles. The number of aliphatic hydroxyl groups is 1. The quantitative estimate of drug-likeness (QED) is 0.682. The van der Waals surface area contributed by atoms with Crippen LogP contribution in [0.25, 0.3) is 10.9 Å². The Labute approximate surface area is 144 Å². The summed E-state index contributed by atoms with van der Waals surface area (Å²) in [4.78, 5) is 15.7. The molecule has 1 aliphatic rings. The fourth-order valence-corrected chi connectivity index (χ4v) is 3.57. The summed E-state index contributed by atoms with van der Waals surface area (Å²) >= 11 is 12.6. The van der Waals surface area contributed by atoms with Crippen LogP contribution in [-0.4, -0.2) is 35.7 Å². The topological polar surface area (TPSA) is 77.2 Å². The number of carbonyl (C=O) groups excluding carboxylic acids is 1. The molecule has 4 N–H and O–H groups in total. The molecule has 1 aromatic heterocycles. The number of hydrogen-bond acceptors (Lipinski definition) is 3. The number of nitrogens with one attached hydrogen (secondary N) is 3. The monoisotopic (exact) mass is 355 g/mol. The van der Waals surface area contributed by atoms with Gasteiger partial charge in [-0.3, -0.25) is 4.79 Å². The lowest BCUT2D eigenvalue weighted by atomic mass is 9.93. The summed E-state index contributed by atoms with van der Waals surface area (Å²) < 4.78 is 0. The molecule has 1 aliphatic heterocycles. The predicted molar refractivity (Wildman–Crippen MR) is 93.7 cm³/mol. The van der Waals surface area contributed by atoms with Gasteiger partial charge in [0.15, 0.2) is 0 Å². The number of amides is 1. The Kier molecular flexibility index (Phi) is 4.45. The zero-order valence-corrected chi connectivity index (χ0v) is 14.5. The van der Waals surface area contributed by atoms with E-state index in [4.69, 9.17) is 28.3 Å². The van der Waals surface area contributed by atoms with Crippen LogP contribution in [0.3, 0.4) is 0 Å². The van der Waals surface area contributed by atoms with Crippen LogP contribution in [0.15, 0.2) is 6.07 Å². The predicted octanol–water partition coefficient (Wildman–Crippen LogP) is 3.22. The summed E-state index contributed by atoms with van der Waals surface area (Å²) in [7, 11) is 0. The second-order valence-electron chi connectivity index (χ2n) is 5.94. The lowest BCUT2D eigenvalue weighted by Crippen LogP contribution is -2.27. The van der Waals surface area contributed by atoms with Crippen LogP contribution in [0.2, 0.25) is 10.0 Å². The second-order valence-corrected chi connectivity index (χ2v) is 6.73. The van der Waals surface area contributed by atoms with Gasteiger partial charge in [-0.1, -0.05) is 30.1 Å². The van der Waals surface area contributed by atoms with Gasteiger partial charge in [-0.05, 0) is 18.6 Å². The van der Waals surface area contributed by atoms with Gasteiger partial charge in [0, 0.05) is 35.8 Å². The molecular weight excluding hydrogens is 337 g/mol. The summed E-state index contributed by atoms with van der Waals surface area (Å²) in [6.45, 7) is 4.92. The standard InChI is InChI=1S/C16H19Cl2N3O2/c1-7-6-20-16(23)8(2)11-12-10(19-3-4-22)5-9(17)13(18)15(12)21-14(7)11/h5,7-8,19,21-22H,3-4,6H2,1-2H3,(H,20,23). The molecule has 1 amide bonds. The minimum atomic E-state index is -0.296. The summed E-state index contributed by atoms with van der Waals surface area (Å²) in [6, 6.07) is 1.75. The molecule has 0 bridgehead atoms. The summed E-state index contributed by atoms with van der Waals surface area (Å²) in [5.74, 6) is -0.155. The van der Waals surface area contributed by atoms with Crippen LogP contribution in [0, 0.1) is 0 Å². The third-order valence-corrected chi connectivity index (χ3v) is 5.15. The Balaban J connectivity index is 2.33. The molecule has 0 fully saturated rings. The Bertz CT molecular complexity index is 773. The first-order valence-electron chi connectivity index (χ1n) is 7.61. The number of aliphatic hydroxyl groups excluding tert-OH is 1. The minimum absolute atomic E-state index is 0.000788. The Morgan fingerprint density at radius 2 is 2.13 bits per heavy atom. The highest BCUT2D eigenvalue weighted by molar-refractivity contribution is 6.45. The van der Waals surface area contributed by atoms with Crippen molar-refractivity contribution in [1.82, 2.24) is 10.3 Å². The molecule has 2 aromatic rings. The van der Waals surface area contributed by atoms with Gasteiger partial charge in [-0.2, -0.15) is 0 Å². The van der Waals surface area contributed by atoms with Crippen molar-refractivity contribution in [3.63, 3.8) is 0 Å². The molecule has 5 nitrogen and oxygen atoms in total. The molecule has 0 spiro atoms. The van der Waals surface area contributed by atoms with Crippen molar-refractivity contribution in [3.8, 4) is 0 Å². The zero-order chi connectivity index (χ0) is 16.7. The zero-order valence-electron chi connectivity index (χ0n) is 13.0. The van der Waals surface area contributed by atoms with Crippen molar-refractivity contribution < 1.29 is 9.90 Å². The summed E-state index contributed by atoms with van der Waals surface area (Å²) in [5.41, 5.74) is 3.45. The number of aromatic amines is 1. The fourth-order valence-electron chi connectivity index (χ4n) is 3.17. The third-order valence-electron chi connectivity index (χ3n) is 4.37. The highest BCUT2D eigenvalue weighted by Gasteiger charge is 2.31. The molecule has 2 atom stereocenters. The van der Waals surface area contributed by atoms with E-state index in [1.54, 1.807) is 6.07 Å². The number of H-pyrrole nitrogens is 1. The lowest BCUT2D eigenvalue weighted by molar-refractivity contribution is -0.122. The molecule has 0 aliphatic carbocycles. The number of aromatic nitrogens is 1. The number of anilines is 1. The van der Waals surface area contributed by atoms with E-state index in [1.165, 1.54) is 0 Å². The highest BCUT2D eigenvalue weighted by Crippen LogP contribution is 2.43. The van der Waals surface area contributed by atoms with Crippen LogP contribution >= 0.6 is 23.2 Å². The van der Waals surface area contributed by atoms with Gasteiger partial charge < -0.3 is 20.7 Å². The first-order chi connectivity index (χ1) is 11.0. The molecule has 23 heavy (non-hydrogen) atoms. The Hall–Kier alpha value is -1.43. The van der Waals surface area contributed by atoms with Crippen molar-refractivity contribution in [2.45, 2.75) is 25.7 Å². The first kappa shape index (κ1) is 16.4. The fraction of sp³-hybridized carbons (Fsp3) is 0.438. The third kappa shape index (κ3) is 2.67. The molecular formula is C16H19Cl2N3O2. The Morgan fingerprint density at radius 1 is 1.39 bits per heavy atom. The van der Waals surface area contributed by atoms with E-state index in [0.29, 0.717) is 23.1 Å². The molecule has 124 valence electrons. The van der Waals surface area contributed by atoms with Gasteiger partial charge in [0.25, 0.3) is 0 Å². The maximum atomic E-state index is 12.3. The summed E-state index contributed by atoms with van der Waals surface area (Å²) in [6.07, 6.45) is 0. The number of halogens is 2. The maximum absolute atomic E-state index is 12.3. The van der Waals surface area contributed by atoms with Gasteiger partial charge in [-0.15, -0.1) is 0 Å². The molecule has 2 unspecified atom stereocenters. The van der Waals surface area contributed by atoms with Gasteiger partial charge in [0.2, 0.25) is 5.91 Å². The van der Waals surface area contributed by atoms with Gasteiger partial charge >= 0.3 is 0 Å². The van der Waals surface area contributed by atoms with Crippen LogP contribution < -0.4 is 10.6 Å². The number of benzene rings is 1. The average molecular weight is 356 g/mol. The van der Waals surface area contributed by atoms with E-state index in [2.05, 4.69) is 22.5 Å². The number of hydrogen-bond donors (Lipinski definition) is 4. The molecule has 3 rings (SSSR count). The molecule has 0 saturated heterocycles. The van der Waals surface area contributed by atoms with Crippen molar-refractivity contribution in [2.24, 2.45) is 0 Å². The van der Waals surface area contributed by atoms with E-state index in [-0.39, 0.29) is 24.3 Å². The number of rotatable bonds is 3. The molecule has 0 saturated carbocycles. The molecule has 7 heteroatoms. The van der Waals surface area contributed by atoms with Crippen molar-refractivity contribution in [3.05, 3.63) is 27.4 Å².